The summed E-state index contributed by atoms with van der Waals surface area (Å²) in [6.45, 7) is 2.07. The Morgan fingerprint density at radius 1 is 1.25 bits per heavy atom. The second kappa shape index (κ2) is 5.61. The monoisotopic (exact) mass is 329 g/mol. The first-order valence-corrected chi connectivity index (χ1v) is 8.37. The Bertz CT molecular complexity index is 696. The third kappa shape index (κ3) is 2.28. The van der Waals surface area contributed by atoms with Gasteiger partial charge in [-0.1, -0.05) is 0 Å². The molecular formula is C18H19NO5. The number of ether oxygens (including phenoxy) is 2. The summed E-state index contributed by atoms with van der Waals surface area (Å²) in [5.41, 5.74) is 1.05. The van der Waals surface area contributed by atoms with Crippen LogP contribution >= 0.6 is 0 Å². The molecule has 2 aliphatic carbocycles. The molecule has 5 atom stereocenters. The molecule has 6 heteroatoms. The fourth-order valence-corrected chi connectivity index (χ4v) is 4.49. The van der Waals surface area contributed by atoms with Gasteiger partial charge in [0.15, 0.2) is 0 Å². The molecular weight excluding hydrogens is 310 g/mol. The van der Waals surface area contributed by atoms with Crippen LogP contribution in [0.4, 0.5) is 5.69 Å². The summed E-state index contributed by atoms with van der Waals surface area (Å²) in [6.07, 6.45) is 1.73. The smallest absolute Gasteiger partial charge is 0.338 e. The maximum atomic E-state index is 12.6. The molecule has 6 nitrogen and oxygen atoms in total. The van der Waals surface area contributed by atoms with E-state index in [2.05, 4.69) is 5.32 Å². The molecule has 0 aromatic heterocycles. The van der Waals surface area contributed by atoms with E-state index in [1.807, 2.05) is 0 Å². The van der Waals surface area contributed by atoms with Gasteiger partial charge < -0.3 is 14.8 Å². The molecule has 1 aromatic carbocycles. The Morgan fingerprint density at radius 3 is 2.71 bits per heavy atom. The number of hydrogen-bond donors (Lipinski definition) is 1. The van der Waals surface area contributed by atoms with Crippen molar-refractivity contribution >= 4 is 23.5 Å². The number of carbonyl (C=O) groups is 3. The summed E-state index contributed by atoms with van der Waals surface area (Å²) in [7, 11) is 0. The predicted octanol–water partition coefficient (Wildman–Crippen LogP) is 2.00. The third-order valence-electron chi connectivity index (χ3n) is 5.45. The summed E-state index contributed by atoms with van der Waals surface area (Å²) in [5, 5.41) is 2.87. The minimum absolute atomic E-state index is 0.0282. The summed E-state index contributed by atoms with van der Waals surface area (Å²) in [6, 6.07) is 6.59. The van der Waals surface area contributed by atoms with Gasteiger partial charge in [-0.15, -0.1) is 0 Å². The van der Waals surface area contributed by atoms with Gasteiger partial charge in [-0.2, -0.15) is 0 Å². The lowest BCUT2D eigenvalue weighted by Gasteiger charge is -2.23. The van der Waals surface area contributed by atoms with E-state index in [0.717, 1.165) is 12.8 Å². The number of rotatable bonds is 4. The first-order valence-electron chi connectivity index (χ1n) is 8.37. The first kappa shape index (κ1) is 15.2. The van der Waals surface area contributed by atoms with Crippen LogP contribution in [0.25, 0.3) is 0 Å². The number of anilines is 1. The lowest BCUT2D eigenvalue weighted by molar-refractivity contribution is -0.145. The molecule has 24 heavy (non-hydrogen) atoms. The topological polar surface area (TPSA) is 81.7 Å². The second-order valence-corrected chi connectivity index (χ2v) is 6.71. The van der Waals surface area contributed by atoms with Gasteiger partial charge in [-0.3, -0.25) is 9.59 Å². The van der Waals surface area contributed by atoms with E-state index in [9.17, 15) is 14.4 Å². The largest absolute Gasteiger partial charge is 0.462 e. The summed E-state index contributed by atoms with van der Waals surface area (Å²) in [5.74, 6) is -0.877. The van der Waals surface area contributed by atoms with Crippen LogP contribution in [0.15, 0.2) is 24.3 Å². The Hall–Kier alpha value is -2.37. The number of nitrogens with one attached hydrogen (secondary N) is 1. The van der Waals surface area contributed by atoms with Crippen molar-refractivity contribution in [3.8, 4) is 0 Å². The van der Waals surface area contributed by atoms with E-state index in [0.29, 0.717) is 17.9 Å². The zero-order valence-corrected chi connectivity index (χ0v) is 13.4. The number of benzene rings is 1. The van der Waals surface area contributed by atoms with Crippen molar-refractivity contribution in [1.82, 2.24) is 0 Å². The molecule has 1 heterocycles. The molecule has 2 bridgehead atoms. The van der Waals surface area contributed by atoms with E-state index in [1.54, 1.807) is 31.2 Å². The fourth-order valence-electron chi connectivity index (χ4n) is 4.49. The van der Waals surface area contributed by atoms with Crippen LogP contribution in [0.3, 0.4) is 0 Å². The highest BCUT2D eigenvalue weighted by Gasteiger charge is 2.63. The normalized spacial score (nSPS) is 32.5. The molecule has 0 spiro atoms. The molecule has 1 amide bonds. The SMILES string of the molecule is CCOC(=O)c1ccc(NC(=O)[C@@H]2[C@@H]3C[C@@H]4[C@H]2C(=O)O[C@@H]4C3)cc1. The molecule has 1 N–H and O–H groups in total. The van der Waals surface area contributed by atoms with E-state index >= 15 is 0 Å². The van der Waals surface area contributed by atoms with Crippen LogP contribution in [0.1, 0.15) is 30.1 Å². The zero-order valence-electron chi connectivity index (χ0n) is 13.4. The minimum Gasteiger partial charge on any atom is -0.462 e. The van der Waals surface area contributed by atoms with Crippen molar-refractivity contribution in [1.29, 1.82) is 0 Å². The molecule has 0 radical (unpaired) electrons. The number of carbonyl (C=O) groups excluding carboxylic acids is 3. The molecule has 1 aromatic rings. The van der Waals surface area contributed by atoms with E-state index in [-0.39, 0.29) is 47.6 Å². The van der Waals surface area contributed by atoms with Crippen LogP contribution in [0.2, 0.25) is 0 Å². The Kier molecular flexibility index (Phi) is 3.55. The average molecular weight is 329 g/mol. The van der Waals surface area contributed by atoms with Gasteiger partial charge in [0.25, 0.3) is 0 Å². The molecule has 3 fully saturated rings. The van der Waals surface area contributed by atoms with Crippen molar-refractivity contribution in [2.75, 3.05) is 11.9 Å². The number of amides is 1. The maximum Gasteiger partial charge on any atom is 0.338 e. The Labute approximate surface area is 139 Å². The molecule has 3 aliphatic rings. The van der Waals surface area contributed by atoms with Crippen LogP contribution in [-0.4, -0.2) is 30.6 Å². The maximum absolute atomic E-state index is 12.6. The van der Waals surface area contributed by atoms with Crippen molar-refractivity contribution in [3.63, 3.8) is 0 Å². The quantitative estimate of drug-likeness (QED) is 0.855. The van der Waals surface area contributed by atoms with E-state index in [4.69, 9.17) is 9.47 Å². The van der Waals surface area contributed by atoms with Crippen molar-refractivity contribution < 1.29 is 23.9 Å². The lowest BCUT2D eigenvalue weighted by Crippen LogP contribution is -2.35. The van der Waals surface area contributed by atoms with Gasteiger partial charge in [-0.05, 0) is 49.9 Å². The minimum atomic E-state index is -0.386. The Balaban J connectivity index is 1.45. The Morgan fingerprint density at radius 2 is 2.00 bits per heavy atom. The van der Waals surface area contributed by atoms with E-state index < -0.39 is 0 Å². The lowest BCUT2D eigenvalue weighted by atomic mass is 9.79. The highest BCUT2D eigenvalue weighted by molar-refractivity contribution is 5.97. The number of esters is 2. The van der Waals surface area contributed by atoms with Crippen molar-refractivity contribution in [2.45, 2.75) is 25.9 Å². The molecule has 126 valence electrons. The molecule has 2 saturated carbocycles. The van der Waals surface area contributed by atoms with Crippen LogP contribution in [0, 0.1) is 23.7 Å². The highest BCUT2D eigenvalue weighted by Crippen LogP contribution is 2.57. The fraction of sp³-hybridized carbons (Fsp3) is 0.500. The summed E-state index contributed by atoms with van der Waals surface area (Å²) < 4.78 is 10.3. The van der Waals surface area contributed by atoms with Gasteiger partial charge in [0.2, 0.25) is 5.91 Å². The van der Waals surface area contributed by atoms with Gasteiger partial charge in [0.1, 0.15) is 6.10 Å². The summed E-state index contributed by atoms with van der Waals surface area (Å²) in [4.78, 5) is 36.3. The van der Waals surface area contributed by atoms with Gasteiger partial charge >= 0.3 is 11.9 Å². The highest BCUT2D eigenvalue weighted by atomic mass is 16.6. The molecule has 1 saturated heterocycles. The standard InChI is InChI=1S/C18H19NO5/c1-2-23-17(21)9-3-5-11(6-4-9)19-16(20)14-10-7-12-13(8-10)24-18(22)15(12)14/h3-6,10,12-15H,2,7-8H2,1H3,(H,19,20)/t10-,12+,13-,14-,15-/m1/s1. The number of hydrogen-bond acceptors (Lipinski definition) is 5. The average Bonchev–Trinajstić information content (AvgIpc) is 3.17. The summed E-state index contributed by atoms with van der Waals surface area (Å²) >= 11 is 0. The third-order valence-corrected chi connectivity index (χ3v) is 5.45. The van der Waals surface area contributed by atoms with Crippen molar-refractivity contribution in [2.24, 2.45) is 23.7 Å². The van der Waals surface area contributed by atoms with E-state index in [1.165, 1.54) is 0 Å². The van der Waals surface area contributed by atoms with Crippen LogP contribution in [-0.2, 0) is 19.1 Å². The van der Waals surface area contributed by atoms with Gasteiger partial charge in [-0.25, -0.2) is 4.79 Å². The van der Waals surface area contributed by atoms with Crippen molar-refractivity contribution in [3.05, 3.63) is 29.8 Å². The van der Waals surface area contributed by atoms with Crippen LogP contribution < -0.4 is 5.32 Å². The zero-order chi connectivity index (χ0) is 16.8. The first-order chi connectivity index (χ1) is 11.6. The molecule has 0 unspecified atom stereocenters. The predicted molar refractivity (Wildman–Crippen MR) is 84.1 cm³/mol. The van der Waals surface area contributed by atoms with Crippen LogP contribution in [0.5, 0.6) is 0 Å². The molecule has 4 rings (SSSR count). The van der Waals surface area contributed by atoms with Gasteiger partial charge in [0, 0.05) is 11.6 Å². The number of fused-ring (bicyclic) bond motifs is 1. The second-order valence-electron chi connectivity index (χ2n) is 6.71. The van der Waals surface area contributed by atoms with Gasteiger partial charge in [0.05, 0.1) is 24.0 Å². The molecule has 1 aliphatic heterocycles.